The molecular weight excluding hydrogens is 234 g/mol. The molecule has 2 rings (SSSR count). The van der Waals surface area contributed by atoms with Crippen molar-refractivity contribution in [3.05, 3.63) is 65.7 Å². The van der Waals surface area contributed by atoms with Crippen LogP contribution in [0.25, 0.3) is 0 Å². The lowest BCUT2D eigenvalue weighted by molar-refractivity contribution is 0.102. The average Bonchev–Trinajstić information content (AvgIpc) is 2.38. The number of rotatable bonds is 2. The summed E-state index contributed by atoms with van der Waals surface area (Å²) in [6.45, 7) is 6.40. The number of carbonyl (C=O) groups excluding carboxylic acids is 1. The Kier molecular flexibility index (Phi) is 3.32. The summed E-state index contributed by atoms with van der Waals surface area (Å²) >= 11 is 0. The van der Waals surface area contributed by atoms with E-state index in [-0.39, 0.29) is 17.4 Å². The number of hydrogen-bond acceptors (Lipinski definition) is 1. The largest absolute Gasteiger partial charge is 0.322 e. The molecule has 0 spiro atoms. The van der Waals surface area contributed by atoms with E-state index in [9.17, 15) is 4.79 Å². The van der Waals surface area contributed by atoms with Crippen molar-refractivity contribution >= 4 is 11.6 Å². The molecule has 2 nitrogen and oxygen atoms in total. The van der Waals surface area contributed by atoms with Crippen LogP contribution in [-0.2, 0) is 5.41 Å². The van der Waals surface area contributed by atoms with Crippen LogP contribution in [0.15, 0.2) is 54.6 Å². The molecule has 0 heterocycles. The van der Waals surface area contributed by atoms with Gasteiger partial charge in [-0.1, -0.05) is 51.1 Å². The van der Waals surface area contributed by atoms with Crippen LogP contribution in [0.5, 0.6) is 0 Å². The molecule has 0 unspecified atom stereocenters. The van der Waals surface area contributed by atoms with Gasteiger partial charge in [0.2, 0.25) is 0 Å². The molecule has 0 saturated heterocycles. The van der Waals surface area contributed by atoms with Crippen molar-refractivity contribution in [2.75, 3.05) is 5.32 Å². The van der Waals surface area contributed by atoms with Crippen LogP contribution >= 0.6 is 0 Å². The van der Waals surface area contributed by atoms with Crippen LogP contribution in [0.3, 0.4) is 0 Å². The summed E-state index contributed by atoms with van der Waals surface area (Å²) in [6.07, 6.45) is 0. The van der Waals surface area contributed by atoms with Gasteiger partial charge >= 0.3 is 0 Å². The van der Waals surface area contributed by atoms with Crippen LogP contribution < -0.4 is 5.32 Å². The molecule has 0 bridgehead atoms. The highest BCUT2D eigenvalue weighted by Crippen LogP contribution is 2.24. The van der Waals surface area contributed by atoms with E-state index in [4.69, 9.17) is 1.37 Å². The van der Waals surface area contributed by atoms with Gasteiger partial charge < -0.3 is 5.32 Å². The topological polar surface area (TPSA) is 29.1 Å². The molecule has 2 aromatic carbocycles. The van der Waals surface area contributed by atoms with Crippen molar-refractivity contribution in [3.8, 4) is 0 Å². The lowest BCUT2D eigenvalue weighted by atomic mass is 9.87. The van der Waals surface area contributed by atoms with Gasteiger partial charge in [-0.2, -0.15) is 0 Å². The molecule has 0 aliphatic heterocycles. The Labute approximate surface area is 115 Å². The molecule has 2 heteroatoms. The SMILES string of the molecule is [3H]c1ccccc1C(=O)Nc1cccc(C(C)(C)C)c1. The molecule has 2 aromatic rings. The third-order valence-corrected chi connectivity index (χ3v) is 2.94. The Hall–Kier alpha value is -2.09. The van der Waals surface area contributed by atoms with Crippen LogP contribution in [0.1, 0.15) is 38.1 Å². The first-order valence-corrected chi connectivity index (χ1v) is 6.35. The fourth-order valence-electron chi connectivity index (χ4n) is 1.80. The average molecular weight is 255 g/mol. The van der Waals surface area contributed by atoms with E-state index in [1.165, 1.54) is 0 Å². The number of benzene rings is 2. The van der Waals surface area contributed by atoms with Gasteiger partial charge in [-0.05, 0) is 35.2 Å². The Morgan fingerprint density at radius 1 is 1.11 bits per heavy atom. The van der Waals surface area contributed by atoms with Crippen LogP contribution in [0.2, 0.25) is 0 Å². The van der Waals surface area contributed by atoms with Crippen molar-refractivity contribution in [2.24, 2.45) is 0 Å². The molecule has 0 saturated carbocycles. The summed E-state index contributed by atoms with van der Waals surface area (Å²) in [5.41, 5.74) is 2.34. The van der Waals surface area contributed by atoms with Gasteiger partial charge in [-0.25, -0.2) is 0 Å². The maximum atomic E-state index is 12.2. The summed E-state index contributed by atoms with van der Waals surface area (Å²) in [7, 11) is 0. The second kappa shape index (κ2) is 5.27. The van der Waals surface area contributed by atoms with Crippen molar-refractivity contribution < 1.29 is 6.17 Å². The zero-order chi connectivity index (χ0) is 14.8. The van der Waals surface area contributed by atoms with E-state index in [0.29, 0.717) is 5.56 Å². The summed E-state index contributed by atoms with van der Waals surface area (Å²) in [5, 5.41) is 2.85. The standard InChI is InChI=1S/C17H19NO/c1-17(2,3)14-10-7-11-15(12-14)18-16(19)13-8-5-4-6-9-13/h4-12H,1-3H3,(H,18,19)/i8T. The highest BCUT2D eigenvalue weighted by molar-refractivity contribution is 6.04. The summed E-state index contributed by atoms with van der Waals surface area (Å²) in [6, 6.07) is 14.8. The fraction of sp³-hybridized carbons (Fsp3) is 0.235. The number of anilines is 1. The first-order chi connectivity index (χ1) is 9.38. The fourth-order valence-corrected chi connectivity index (χ4v) is 1.80. The van der Waals surface area contributed by atoms with Crippen LogP contribution in [-0.4, -0.2) is 5.91 Å². The highest BCUT2D eigenvalue weighted by Gasteiger charge is 2.14. The number of amides is 1. The minimum atomic E-state index is -0.248. The number of hydrogen-bond donors (Lipinski definition) is 1. The zero-order valence-electron chi connectivity index (χ0n) is 12.5. The first kappa shape index (κ1) is 12.0. The number of carbonyl (C=O) groups is 1. The minimum Gasteiger partial charge on any atom is -0.322 e. The van der Waals surface area contributed by atoms with Gasteiger partial charge in [-0.15, -0.1) is 0 Å². The Bertz CT molecular complexity index is 629. The van der Waals surface area contributed by atoms with Crippen molar-refractivity contribution in [1.29, 1.82) is 0 Å². The molecule has 0 aromatic heterocycles. The van der Waals surface area contributed by atoms with Gasteiger partial charge in [0.15, 0.2) is 0 Å². The third kappa shape index (κ3) is 3.44. The van der Waals surface area contributed by atoms with Crippen molar-refractivity contribution in [1.82, 2.24) is 0 Å². The van der Waals surface area contributed by atoms with Crippen molar-refractivity contribution in [2.45, 2.75) is 26.2 Å². The third-order valence-electron chi connectivity index (χ3n) is 2.94. The molecule has 1 amide bonds. The van der Waals surface area contributed by atoms with Gasteiger partial charge in [0.1, 0.15) is 0 Å². The highest BCUT2D eigenvalue weighted by atomic mass is 16.1. The second-order valence-electron chi connectivity index (χ2n) is 5.56. The van der Waals surface area contributed by atoms with E-state index >= 15 is 0 Å². The molecular formula is C17H19NO. The van der Waals surface area contributed by atoms with Gasteiger partial charge in [0.25, 0.3) is 5.91 Å². The van der Waals surface area contributed by atoms with E-state index < -0.39 is 0 Å². The zero-order valence-corrected chi connectivity index (χ0v) is 11.5. The summed E-state index contributed by atoms with van der Waals surface area (Å²) < 4.78 is 7.75. The number of nitrogens with one attached hydrogen (secondary N) is 1. The Balaban J connectivity index is 2.23. The van der Waals surface area contributed by atoms with E-state index in [2.05, 4.69) is 26.1 Å². The van der Waals surface area contributed by atoms with Gasteiger partial charge in [-0.3, -0.25) is 4.79 Å². The minimum absolute atomic E-state index is 0.0358. The Morgan fingerprint density at radius 3 is 2.58 bits per heavy atom. The molecule has 0 radical (unpaired) electrons. The van der Waals surface area contributed by atoms with Crippen LogP contribution in [0.4, 0.5) is 5.69 Å². The van der Waals surface area contributed by atoms with E-state index in [1.54, 1.807) is 24.3 Å². The predicted molar refractivity (Wildman–Crippen MR) is 79.5 cm³/mol. The lowest BCUT2D eigenvalue weighted by Crippen LogP contribution is -2.14. The monoisotopic (exact) mass is 255 g/mol. The maximum Gasteiger partial charge on any atom is 0.255 e. The second-order valence-corrected chi connectivity index (χ2v) is 5.56. The Morgan fingerprint density at radius 2 is 1.89 bits per heavy atom. The molecule has 1 N–H and O–H groups in total. The van der Waals surface area contributed by atoms with E-state index in [1.807, 2.05) is 24.3 Å². The van der Waals surface area contributed by atoms with Gasteiger partial charge in [0, 0.05) is 11.3 Å². The van der Waals surface area contributed by atoms with Crippen LogP contribution in [0, 0.1) is 0 Å². The quantitative estimate of drug-likeness (QED) is 0.854. The van der Waals surface area contributed by atoms with Gasteiger partial charge in [0.05, 0.1) is 1.37 Å². The molecule has 0 atom stereocenters. The molecule has 0 aliphatic rings. The maximum absolute atomic E-state index is 12.2. The molecule has 98 valence electrons. The lowest BCUT2D eigenvalue weighted by Gasteiger charge is -2.19. The normalized spacial score (nSPS) is 11.8. The predicted octanol–water partition coefficient (Wildman–Crippen LogP) is 4.24. The molecule has 0 aliphatic carbocycles. The summed E-state index contributed by atoms with van der Waals surface area (Å²) in [4.78, 5) is 12.2. The smallest absolute Gasteiger partial charge is 0.255 e. The van der Waals surface area contributed by atoms with Crippen molar-refractivity contribution in [3.63, 3.8) is 0 Å². The first-order valence-electron chi connectivity index (χ1n) is 6.85. The summed E-state index contributed by atoms with van der Waals surface area (Å²) in [5.74, 6) is -0.248. The molecule has 0 fully saturated rings. The van der Waals surface area contributed by atoms with E-state index in [0.717, 1.165) is 11.3 Å². The molecule has 19 heavy (non-hydrogen) atoms.